The van der Waals surface area contributed by atoms with E-state index in [1.54, 1.807) is 0 Å². The molecule has 98 valence electrons. The van der Waals surface area contributed by atoms with Gasteiger partial charge in [0, 0.05) is 6.54 Å². The van der Waals surface area contributed by atoms with E-state index in [9.17, 15) is 13.6 Å². The normalized spacial score (nSPS) is 23.3. The van der Waals surface area contributed by atoms with Gasteiger partial charge in [0.25, 0.3) is 6.43 Å². The van der Waals surface area contributed by atoms with Gasteiger partial charge in [0.15, 0.2) is 0 Å². The Balaban J connectivity index is 2.06. The lowest BCUT2D eigenvalue weighted by Gasteiger charge is -2.46. The molecule has 0 spiro atoms. The molecule has 1 heterocycles. The van der Waals surface area contributed by atoms with Crippen molar-refractivity contribution < 1.29 is 13.6 Å². The molecule has 2 nitrogen and oxygen atoms in total. The van der Waals surface area contributed by atoms with Crippen molar-refractivity contribution in [2.75, 3.05) is 0 Å². The summed E-state index contributed by atoms with van der Waals surface area (Å²) in [5.41, 5.74) is 0.895. The van der Waals surface area contributed by atoms with Crippen LogP contribution in [0.3, 0.4) is 0 Å². The lowest BCUT2D eigenvalue weighted by molar-refractivity contribution is -0.169. The number of nitrogens with zero attached hydrogens (tertiary/aromatic N) is 1. The first-order chi connectivity index (χ1) is 8.65. The van der Waals surface area contributed by atoms with Crippen LogP contribution in [-0.2, 0) is 11.3 Å². The number of halogens is 2. The maximum absolute atomic E-state index is 13.0. The summed E-state index contributed by atoms with van der Waals surface area (Å²) in [5, 5.41) is 0. The summed E-state index contributed by atoms with van der Waals surface area (Å²) >= 11 is 0. The number of benzene rings is 1. The summed E-state index contributed by atoms with van der Waals surface area (Å²) in [6.45, 7) is 2.20. The van der Waals surface area contributed by atoms with Crippen LogP contribution in [0.5, 0.6) is 0 Å². The number of carbonyl (C=O) groups is 1. The summed E-state index contributed by atoms with van der Waals surface area (Å²) in [6, 6.07) is 8.36. The van der Waals surface area contributed by atoms with Crippen LogP contribution < -0.4 is 0 Å². The molecule has 1 aromatic rings. The highest BCUT2D eigenvalue weighted by Crippen LogP contribution is 2.35. The van der Waals surface area contributed by atoms with Crippen LogP contribution in [0.25, 0.3) is 0 Å². The van der Waals surface area contributed by atoms with Gasteiger partial charge < -0.3 is 4.90 Å². The zero-order valence-electron chi connectivity index (χ0n) is 10.4. The second kappa shape index (κ2) is 5.46. The van der Waals surface area contributed by atoms with Crippen LogP contribution in [0.4, 0.5) is 8.78 Å². The highest BCUT2D eigenvalue weighted by Gasteiger charge is 2.50. The molecular weight excluding hydrogens is 236 g/mol. The fraction of sp³-hybridized carbons (Fsp3) is 0.500. The predicted molar refractivity (Wildman–Crippen MR) is 65.2 cm³/mol. The van der Waals surface area contributed by atoms with Gasteiger partial charge in [-0.25, -0.2) is 8.78 Å². The average Bonchev–Trinajstić information content (AvgIpc) is 2.37. The largest absolute Gasteiger partial charge is 0.329 e. The molecule has 0 radical (unpaired) electrons. The molecule has 2 atom stereocenters. The molecule has 1 aliphatic heterocycles. The second-order valence-corrected chi connectivity index (χ2v) is 4.67. The van der Waals surface area contributed by atoms with Crippen molar-refractivity contribution >= 4 is 5.91 Å². The molecule has 2 unspecified atom stereocenters. The van der Waals surface area contributed by atoms with Crippen molar-refractivity contribution in [3.8, 4) is 0 Å². The van der Waals surface area contributed by atoms with Gasteiger partial charge in [0.2, 0.25) is 5.91 Å². The monoisotopic (exact) mass is 253 g/mol. The Bertz CT molecular complexity index is 408. The Hall–Kier alpha value is -1.45. The van der Waals surface area contributed by atoms with Gasteiger partial charge in [-0.2, -0.15) is 0 Å². The first-order valence-electron chi connectivity index (χ1n) is 6.27. The fourth-order valence-electron chi connectivity index (χ4n) is 2.52. The Labute approximate surface area is 106 Å². The third-order valence-electron chi connectivity index (χ3n) is 3.43. The number of hydrogen-bond acceptors (Lipinski definition) is 1. The van der Waals surface area contributed by atoms with Crippen molar-refractivity contribution in [2.24, 2.45) is 5.92 Å². The summed E-state index contributed by atoms with van der Waals surface area (Å²) < 4.78 is 26.0. The molecule has 1 amide bonds. The van der Waals surface area contributed by atoms with Gasteiger partial charge in [-0.05, 0) is 12.0 Å². The summed E-state index contributed by atoms with van der Waals surface area (Å²) in [6.07, 6.45) is -1.14. The number of likely N-dealkylation sites (tertiary alicyclic amines) is 1. The zero-order valence-corrected chi connectivity index (χ0v) is 10.4. The molecule has 1 aromatic carbocycles. The standard InChI is InChI=1S/C14H17F2NO/c1-2-6-11-12(13(15)16)17(14(11)18)9-10-7-4-3-5-8-10/h3-5,7-8,11-13H,2,6,9H2,1H3. The molecule has 1 aliphatic rings. The van der Waals surface area contributed by atoms with Gasteiger partial charge in [0.05, 0.1) is 5.92 Å². The Morgan fingerprint density at radius 2 is 1.94 bits per heavy atom. The van der Waals surface area contributed by atoms with E-state index in [2.05, 4.69) is 0 Å². The Morgan fingerprint density at radius 3 is 2.50 bits per heavy atom. The lowest BCUT2D eigenvalue weighted by Crippen LogP contribution is -2.63. The molecule has 0 saturated carbocycles. The zero-order chi connectivity index (χ0) is 13.1. The van der Waals surface area contributed by atoms with Crippen molar-refractivity contribution in [2.45, 2.75) is 38.8 Å². The quantitative estimate of drug-likeness (QED) is 0.738. The molecule has 0 bridgehead atoms. The van der Waals surface area contributed by atoms with E-state index < -0.39 is 18.4 Å². The van der Waals surface area contributed by atoms with Crippen molar-refractivity contribution in [3.05, 3.63) is 35.9 Å². The summed E-state index contributed by atoms with van der Waals surface area (Å²) in [7, 11) is 0. The first-order valence-corrected chi connectivity index (χ1v) is 6.27. The van der Waals surface area contributed by atoms with E-state index in [0.717, 1.165) is 12.0 Å². The van der Waals surface area contributed by atoms with Crippen molar-refractivity contribution in [1.29, 1.82) is 0 Å². The Kier molecular flexibility index (Phi) is 3.94. The number of carbonyl (C=O) groups excluding carboxylic acids is 1. The highest BCUT2D eigenvalue weighted by atomic mass is 19.3. The molecule has 0 aromatic heterocycles. The van der Waals surface area contributed by atoms with E-state index in [1.165, 1.54) is 4.90 Å². The van der Waals surface area contributed by atoms with E-state index >= 15 is 0 Å². The summed E-state index contributed by atoms with van der Waals surface area (Å²) in [5.74, 6) is -0.621. The first kappa shape index (κ1) is 13.0. The van der Waals surface area contributed by atoms with Crippen molar-refractivity contribution in [3.63, 3.8) is 0 Å². The van der Waals surface area contributed by atoms with Gasteiger partial charge in [0.1, 0.15) is 6.04 Å². The van der Waals surface area contributed by atoms with Gasteiger partial charge in [-0.3, -0.25) is 4.79 Å². The maximum Gasteiger partial charge on any atom is 0.259 e. The molecule has 2 rings (SSSR count). The van der Waals surface area contributed by atoms with E-state index in [0.29, 0.717) is 6.42 Å². The van der Waals surface area contributed by atoms with Crippen LogP contribution in [-0.4, -0.2) is 23.3 Å². The van der Waals surface area contributed by atoms with E-state index in [1.807, 2.05) is 37.3 Å². The predicted octanol–water partition coefficient (Wildman–Crippen LogP) is 3.08. The van der Waals surface area contributed by atoms with Gasteiger partial charge >= 0.3 is 0 Å². The minimum absolute atomic E-state index is 0.133. The lowest BCUT2D eigenvalue weighted by atomic mass is 9.83. The third kappa shape index (κ3) is 2.37. The molecule has 4 heteroatoms. The van der Waals surface area contributed by atoms with Crippen molar-refractivity contribution in [1.82, 2.24) is 4.90 Å². The van der Waals surface area contributed by atoms with E-state index in [4.69, 9.17) is 0 Å². The smallest absolute Gasteiger partial charge is 0.259 e. The molecule has 18 heavy (non-hydrogen) atoms. The maximum atomic E-state index is 13.0. The number of alkyl halides is 2. The molecular formula is C14H17F2NO. The van der Waals surface area contributed by atoms with Gasteiger partial charge in [-0.1, -0.05) is 43.7 Å². The number of amides is 1. The minimum atomic E-state index is -2.46. The highest BCUT2D eigenvalue weighted by molar-refractivity contribution is 5.86. The number of hydrogen-bond donors (Lipinski definition) is 0. The Morgan fingerprint density at radius 1 is 1.28 bits per heavy atom. The molecule has 0 aliphatic carbocycles. The van der Waals surface area contributed by atoms with Crippen LogP contribution in [0.15, 0.2) is 30.3 Å². The molecule has 1 saturated heterocycles. The molecule has 1 fully saturated rings. The number of β-lactam (4-membered cyclic amide) rings is 1. The third-order valence-corrected chi connectivity index (χ3v) is 3.43. The number of rotatable bonds is 5. The van der Waals surface area contributed by atoms with Crippen LogP contribution in [0.2, 0.25) is 0 Å². The van der Waals surface area contributed by atoms with Crippen LogP contribution in [0, 0.1) is 5.92 Å². The minimum Gasteiger partial charge on any atom is -0.329 e. The van der Waals surface area contributed by atoms with Crippen LogP contribution in [0.1, 0.15) is 25.3 Å². The van der Waals surface area contributed by atoms with E-state index in [-0.39, 0.29) is 12.5 Å². The topological polar surface area (TPSA) is 20.3 Å². The molecule has 0 N–H and O–H groups in total. The second-order valence-electron chi connectivity index (χ2n) is 4.67. The van der Waals surface area contributed by atoms with Crippen LogP contribution >= 0.6 is 0 Å². The fourth-order valence-corrected chi connectivity index (χ4v) is 2.52. The SMILES string of the molecule is CCCC1C(=O)N(Cc2ccccc2)C1C(F)F. The van der Waals surface area contributed by atoms with Gasteiger partial charge in [-0.15, -0.1) is 0 Å². The summed E-state index contributed by atoms with van der Waals surface area (Å²) in [4.78, 5) is 13.2. The average molecular weight is 253 g/mol.